The molecule has 0 fully saturated rings. The van der Waals surface area contributed by atoms with E-state index in [1.807, 2.05) is 30.3 Å². The first-order valence-corrected chi connectivity index (χ1v) is 7.32. The van der Waals surface area contributed by atoms with Crippen LogP contribution in [0, 0.1) is 0 Å². The van der Waals surface area contributed by atoms with Crippen LogP contribution in [-0.4, -0.2) is 21.3 Å². The summed E-state index contributed by atoms with van der Waals surface area (Å²) >= 11 is 0. The summed E-state index contributed by atoms with van der Waals surface area (Å²) in [5.41, 5.74) is 4.42. The Balaban J connectivity index is 2.23. The first-order chi connectivity index (χ1) is 10.8. The molecule has 2 aromatic rings. The Morgan fingerprint density at radius 3 is 2.27 bits per heavy atom. The van der Waals surface area contributed by atoms with Gasteiger partial charge in [-0.3, -0.25) is 0 Å². The molecular weight excluding hydrogens is 276 g/mol. The Bertz CT molecular complexity index is 689. The van der Waals surface area contributed by atoms with Gasteiger partial charge < -0.3 is 14.2 Å². The normalized spacial score (nSPS) is 17.1. The summed E-state index contributed by atoms with van der Waals surface area (Å²) in [6.45, 7) is 0. The van der Waals surface area contributed by atoms with Crippen LogP contribution in [0.3, 0.4) is 0 Å². The van der Waals surface area contributed by atoms with Gasteiger partial charge in [-0.25, -0.2) is 0 Å². The van der Waals surface area contributed by atoms with Gasteiger partial charge in [0.05, 0.1) is 20.3 Å². The van der Waals surface area contributed by atoms with E-state index in [1.54, 1.807) is 21.3 Å². The molecule has 0 amide bonds. The molecule has 0 saturated carbocycles. The average molecular weight is 296 g/mol. The minimum absolute atomic E-state index is 0.0414. The molecule has 0 saturated heterocycles. The van der Waals surface area contributed by atoms with Crippen molar-refractivity contribution in [1.29, 1.82) is 0 Å². The quantitative estimate of drug-likeness (QED) is 0.842. The Kier molecular flexibility index (Phi) is 4.16. The van der Waals surface area contributed by atoms with Gasteiger partial charge in [-0.15, -0.1) is 0 Å². The molecule has 3 rings (SSSR count). The molecule has 1 unspecified atom stereocenters. The zero-order valence-electron chi connectivity index (χ0n) is 13.1. The smallest absolute Gasteiger partial charge is 0.130 e. The number of methoxy groups -OCH3 is 3. The standard InChI is InChI=1S/C19H20O3/c1-20-16-11-7-10-14-18(16)17(21-2)12-15(19(14)22-3)13-8-5-4-6-9-13/h4-11,17H,12H2,1-3H3. The van der Waals surface area contributed by atoms with Crippen molar-refractivity contribution >= 4 is 11.3 Å². The fourth-order valence-corrected chi connectivity index (χ4v) is 3.12. The maximum Gasteiger partial charge on any atom is 0.130 e. The minimum atomic E-state index is -0.0414. The summed E-state index contributed by atoms with van der Waals surface area (Å²) in [6, 6.07) is 16.3. The van der Waals surface area contributed by atoms with E-state index in [0.717, 1.165) is 40.2 Å². The van der Waals surface area contributed by atoms with Crippen LogP contribution in [0.4, 0.5) is 0 Å². The number of benzene rings is 2. The Hall–Kier alpha value is -2.26. The summed E-state index contributed by atoms with van der Waals surface area (Å²) in [6.07, 6.45) is 0.720. The lowest BCUT2D eigenvalue weighted by molar-refractivity contribution is 0.103. The second-order valence-electron chi connectivity index (χ2n) is 5.23. The van der Waals surface area contributed by atoms with Crippen LogP contribution in [0.25, 0.3) is 11.3 Å². The molecule has 1 aliphatic carbocycles. The van der Waals surface area contributed by atoms with Crippen LogP contribution in [-0.2, 0) is 9.47 Å². The zero-order valence-corrected chi connectivity index (χ0v) is 13.1. The van der Waals surface area contributed by atoms with Gasteiger partial charge in [0.1, 0.15) is 11.5 Å². The highest BCUT2D eigenvalue weighted by Crippen LogP contribution is 2.46. The Morgan fingerprint density at radius 1 is 0.864 bits per heavy atom. The van der Waals surface area contributed by atoms with Gasteiger partial charge >= 0.3 is 0 Å². The second kappa shape index (κ2) is 6.24. The fraction of sp³-hybridized carbons (Fsp3) is 0.263. The molecule has 3 nitrogen and oxygen atoms in total. The maximum absolute atomic E-state index is 5.75. The van der Waals surface area contributed by atoms with Crippen LogP contribution < -0.4 is 4.74 Å². The van der Waals surface area contributed by atoms with Crippen molar-refractivity contribution in [3.63, 3.8) is 0 Å². The molecule has 2 aromatic carbocycles. The van der Waals surface area contributed by atoms with Crippen molar-refractivity contribution in [2.45, 2.75) is 12.5 Å². The van der Waals surface area contributed by atoms with E-state index in [-0.39, 0.29) is 6.10 Å². The number of hydrogen-bond acceptors (Lipinski definition) is 3. The third-order valence-electron chi connectivity index (χ3n) is 4.13. The number of fused-ring (bicyclic) bond motifs is 1. The van der Waals surface area contributed by atoms with Gasteiger partial charge in [0, 0.05) is 30.2 Å². The fourth-order valence-electron chi connectivity index (χ4n) is 3.12. The predicted molar refractivity (Wildman–Crippen MR) is 87.6 cm³/mol. The van der Waals surface area contributed by atoms with E-state index < -0.39 is 0 Å². The number of hydrogen-bond donors (Lipinski definition) is 0. The third-order valence-corrected chi connectivity index (χ3v) is 4.13. The lowest BCUT2D eigenvalue weighted by Crippen LogP contribution is -2.14. The lowest BCUT2D eigenvalue weighted by atomic mass is 9.84. The molecule has 0 aliphatic heterocycles. The summed E-state index contributed by atoms with van der Waals surface area (Å²) in [5, 5.41) is 0. The predicted octanol–water partition coefficient (Wildman–Crippen LogP) is 4.30. The molecule has 0 aromatic heterocycles. The topological polar surface area (TPSA) is 27.7 Å². The highest BCUT2D eigenvalue weighted by Gasteiger charge is 2.30. The first kappa shape index (κ1) is 14.7. The van der Waals surface area contributed by atoms with Crippen LogP contribution >= 0.6 is 0 Å². The van der Waals surface area contributed by atoms with E-state index >= 15 is 0 Å². The summed E-state index contributed by atoms with van der Waals surface area (Å²) < 4.78 is 17.0. The molecule has 1 aliphatic rings. The molecule has 1 atom stereocenters. The van der Waals surface area contributed by atoms with Gasteiger partial charge in [-0.05, 0) is 11.6 Å². The molecule has 114 valence electrons. The third kappa shape index (κ3) is 2.38. The number of ether oxygens (including phenoxy) is 3. The van der Waals surface area contributed by atoms with E-state index in [2.05, 4.69) is 18.2 Å². The van der Waals surface area contributed by atoms with Crippen molar-refractivity contribution in [2.75, 3.05) is 21.3 Å². The van der Waals surface area contributed by atoms with E-state index in [0.29, 0.717) is 0 Å². The van der Waals surface area contributed by atoms with Crippen molar-refractivity contribution in [2.24, 2.45) is 0 Å². The highest BCUT2D eigenvalue weighted by molar-refractivity contribution is 5.91. The summed E-state index contributed by atoms with van der Waals surface area (Å²) in [5.74, 6) is 1.74. The second-order valence-corrected chi connectivity index (χ2v) is 5.23. The highest BCUT2D eigenvalue weighted by atomic mass is 16.5. The molecule has 22 heavy (non-hydrogen) atoms. The van der Waals surface area contributed by atoms with Gasteiger partial charge in [0.15, 0.2) is 0 Å². The Morgan fingerprint density at radius 2 is 1.64 bits per heavy atom. The van der Waals surface area contributed by atoms with Crippen LogP contribution in [0.15, 0.2) is 48.5 Å². The zero-order chi connectivity index (χ0) is 15.5. The lowest BCUT2D eigenvalue weighted by Gasteiger charge is -2.29. The van der Waals surface area contributed by atoms with E-state index in [1.165, 1.54) is 0 Å². The monoisotopic (exact) mass is 296 g/mol. The molecule has 0 bridgehead atoms. The van der Waals surface area contributed by atoms with Crippen LogP contribution in [0.5, 0.6) is 5.75 Å². The largest absolute Gasteiger partial charge is 0.496 e. The van der Waals surface area contributed by atoms with Gasteiger partial charge in [-0.2, -0.15) is 0 Å². The van der Waals surface area contributed by atoms with Crippen molar-refractivity contribution in [3.05, 3.63) is 65.2 Å². The van der Waals surface area contributed by atoms with E-state index in [9.17, 15) is 0 Å². The average Bonchev–Trinajstić information content (AvgIpc) is 2.60. The molecule has 0 radical (unpaired) electrons. The maximum atomic E-state index is 5.75. The van der Waals surface area contributed by atoms with E-state index in [4.69, 9.17) is 14.2 Å². The molecule has 0 N–H and O–H groups in total. The Labute approximate surface area is 131 Å². The van der Waals surface area contributed by atoms with Gasteiger partial charge in [0.25, 0.3) is 0 Å². The number of rotatable bonds is 4. The molecule has 3 heteroatoms. The van der Waals surface area contributed by atoms with Crippen molar-refractivity contribution < 1.29 is 14.2 Å². The van der Waals surface area contributed by atoms with Gasteiger partial charge in [0.2, 0.25) is 0 Å². The molecule has 0 spiro atoms. The van der Waals surface area contributed by atoms with Gasteiger partial charge in [-0.1, -0.05) is 42.5 Å². The summed E-state index contributed by atoms with van der Waals surface area (Å²) in [7, 11) is 5.14. The molecular formula is C19H20O3. The first-order valence-electron chi connectivity index (χ1n) is 7.32. The molecule has 0 heterocycles. The SMILES string of the molecule is COC1=C(c2ccccc2)CC(OC)c2c(OC)cccc21. The summed E-state index contributed by atoms with van der Waals surface area (Å²) in [4.78, 5) is 0. The van der Waals surface area contributed by atoms with Crippen molar-refractivity contribution in [1.82, 2.24) is 0 Å². The van der Waals surface area contributed by atoms with Crippen molar-refractivity contribution in [3.8, 4) is 5.75 Å². The van der Waals surface area contributed by atoms with Crippen LogP contribution in [0.2, 0.25) is 0 Å². The minimum Gasteiger partial charge on any atom is -0.496 e. The van der Waals surface area contributed by atoms with Crippen LogP contribution in [0.1, 0.15) is 29.2 Å².